The highest BCUT2D eigenvalue weighted by Gasteiger charge is 2.61. The lowest BCUT2D eigenvalue weighted by molar-refractivity contribution is -0.104. The van der Waals surface area contributed by atoms with Crippen molar-refractivity contribution >= 4 is 0 Å². The van der Waals surface area contributed by atoms with E-state index in [1.54, 1.807) is 0 Å². The smallest absolute Gasteiger partial charge is 0.123 e. The van der Waals surface area contributed by atoms with Gasteiger partial charge in [-0.05, 0) is 123 Å². The second-order valence-corrected chi connectivity index (χ2v) is 12.3. The number of aryl methyl sites for hydroxylation is 1. The molecule has 0 aliphatic heterocycles. The lowest BCUT2D eigenvalue weighted by Crippen LogP contribution is -2.53. The van der Waals surface area contributed by atoms with Crippen molar-refractivity contribution in [3.63, 3.8) is 0 Å². The van der Waals surface area contributed by atoms with Gasteiger partial charge in [0.2, 0.25) is 0 Å². The summed E-state index contributed by atoms with van der Waals surface area (Å²) in [6.07, 6.45) is 12.8. The molecule has 8 atom stereocenters. The van der Waals surface area contributed by atoms with Crippen LogP contribution in [-0.4, -0.2) is 21.9 Å². The summed E-state index contributed by atoms with van der Waals surface area (Å²) in [5.74, 6) is 2.26. The minimum absolute atomic E-state index is 0.146. The molecule has 2 N–H and O–H groups in total. The zero-order valence-corrected chi connectivity index (χ0v) is 20.1. The monoisotopic (exact) mass is 440 g/mol. The van der Waals surface area contributed by atoms with Gasteiger partial charge in [0, 0.05) is 0 Å². The second-order valence-electron chi connectivity index (χ2n) is 12.3. The average molecular weight is 441 g/mol. The largest absolute Gasteiger partial charge is 0.393 e. The molecule has 0 bridgehead atoms. The molecule has 176 valence electrons. The van der Waals surface area contributed by atoms with Gasteiger partial charge in [-0.25, -0.2) is 4.39 Å². The summed E-state index contributed by atoms with van der Waals surface area (Å²) in [5.41, 5.74) is 2.41. The van der Waals surface area contributed by atoms with Crippen molar-refractivity contribution < 1.29 is 14.6 Å². The second kappa shape index (κ2) is 7.94. The third kappa shape index (κ3) is 3.59. The van der Waals surface area contributed by atoms with Crippen molar-refractivity contribution in [2.24, 2.45) is 34.5 Å². The first-order valence-corrected chi connectivity index (χ1v) is 13.0. The fourth-order valence-corrected chi connectivity index (χ4v) is 8.89. The summed E-state index contributed by atoms with van der Waals surface area (Å²) in [6.45, 7) is 7.02. The first-order chi connectivity index (χ1) is 15.1. The number of halogens is 1. The highest BCUT2D eigenvalue weighted by Crippen LogP contribution is 2.67. The van der Waals surface area contributed by atoms with Crippen molar-refractivity contribution in [3.8, 4) is 0 Å². The van der Waals surface area contributed by atoms with Crippen LogP contribution in [0.25, 0.3) is 0 Å². The van der Waals surface area contributed by atoms with Crippen molar-refractivity contribution in [1.29, 1.82) is 0 Å². The van der Waals surface area contributed by atoms with Crippen LogP contribution >= 0.6 is 0 Å². The van der Waals surface area contributed by atoms with Crippen LogP contribution in [0, 0.1) is 40.3 Å². The Bertz CT molecular complexity index is 874. The van der Waals surface area contributed by atoms with Crippen molar-refractivity contribution in [1.82, 2.24) is 0 Å². The molecule has 4 aliphatic rings. The normalized spacial score (nSPS) is 42.9. The minimum atomic E-state index is -0.695. The molecule has 0 aromatic heterocycles. The van der Waals surface area contributed by atoms with E-state index in [4.69, 9.17) is 0 Å². The van der Waals surface area contributed by atoms with Gasteiger partial charge in [0.1, 0.15) is 5.82 Å². The average Bonchev–Trinajstić information content (AvgIpc) is 3.12. The van der Waals surface area contributed by atoms with E-state index in [0.717, 1.165) is 62.3 Å². The van der Waals surface area contributed by atoms with Gasteiger partial charge in [-0.3, -0.25) is 0 Å². The molecule has 0 saturated heterocycles. The Morgan fingerprint density at radius 2 is 1.78 bits per heavy atom. The SMILES string of the molecule is C[C@]12CCC3[C@@H](CC=C4C[C@@H](O)CC[C@@]43C)C1CCC2[C@](C)(O)CCc1ccc(F)cc1. The molecule has 2 nitrogen and oxygen atoms in total. The Morgan fingerprint density at radius 1 is 1.03 bits per heavy atom. The Kier molecular flexibility index (Phi) is 5.61. The number of hydrogen-bond acceptors (Lipinski definition) is 2. The number of allylic oxidation sites excluding steroid dienone is 1. The minimum Gasteiger partial charge on any atom is -0.393 e. The molecule has 32 heavy (non-hydrogen) atoms. The number of aliphatic hydroxyl groups is 2. The van der Waals surface area contributed by atoms with Crippen LogP contribution in [-0.2, 0) is 6.42 Å². The lowest BCUT2D eigenvalue weighted by Gasteiger charge is -2.59. The Labute approximate surface area is 193 Å². The van der Waals surface area contributed by atoms with E-state index in [9.17, 15) is 14.6 Å². The van der Waals surface area contributed by atoms with E-state index in [-0.39, 0.29) is 22.8 Å². The number of aliphatic hydroxyl groups excluding tert-OH is 1. The third-order valence-corrected chi connectivity index (χ3v) is 10.7. The van der Waals surface area contributed by atoms with Gasteiger partial charge in [-0.15, -0.1) is 0 Å². The molecular weight excluding hydrogens is 399 g/mol. The maximum atomic E-state index is 13.3. The number of rotatable bonds is 4. The van der Waals surface area contributed by atoms with E-state index in [2.05, 4.69) is 26.8 Å². The molecule has 1 aromatic rings. The van der Waals surface area contributed by atoms with Gasteiger partial charge in [-0.1, -0.05) is 37.6 Å². The fourth-order valence-electron chi connectivity index (χ4n) is 8.89. The molecule has 0 heterocycles. The highest BCUT2D eigenvalue weighted by atomic mass is 19.1. The first kappa shape index (κ1) is 22.6. The molecule has 5 rings (SSSR count). The van der Waals surface area contributed by atoms with Crippen molar-refractivity contribution in [2.45, 2.75) is 96.7 Å². The molecule has 3 fully saturated rings. The predicted molar refractivity (Wildman–Crippen MR) is 127 cm³/mol. The third-order valence-electron chi connectivity index (χ3n) is 10.7. The Hall–Kier alpha value is -1.19. The molecule has 4 aliphatic carbocycles. The summed E-state index contributed by atoms with van der Waals surface area (Å²) in [4.78, 5) is 0. The Morgan fingerprint density at radius 3 is 2.53 bits per heavy atom. The molecule has 3 saturated carbocycles. The molecule has 0 amide bonds. The van der Waals surface area contributed by atoms with E-state index in [1.165, 1.54) is 37.0 Å². The lowest BCUT2D eigenvalue weighted by atomic mass is 9.46. The van der Waals surface area contributed by atoms with Crippen molar-refractivity contribution in [2.75, 3.05) is 0 Å². The van der Waals surface area contributed by atoms with Gasteiger partial charge < -0.3 is 10.2 Å². The van der Waals surface area contributed by atoms with Crippen LogP contribution in [0.4, 0.5) is 4.39 Å². The van der Waals surface area contributed by atoms with Crippen LogP contribution in [0.1, 0.15) is 84.1 Å². The maximum Gasteiger partial charge on any atom is 0.123 e. The first-order valence-electron chi connectivity index (χ1n) is 13.0. The number of benzene rings is 1. The zero-order valence-electron chi connectivity index (χ0n) is 20.1. The van der Waals surface area contributed by atoms with Gasteiger partial charge in [0.15, 0.2) is 0 Å². The molecule has 0 spiro atoms. The van der Waals surface area contributed by atoms with E-state index >= 15 is 0 Å². The van der Waals surface area contributed by atoms with E-state index in [0.29, 0.717) is 11.8 Å². The summed E-state index contributed by atoms with van der Waals surface area (Å²) in [5, 5.41) is 21.9. The fraction of sp³-hybridized carbons (Fsp3) is 0.724. The van der Waals surface area contributed by atoms with Crippen molar-refractivity contribution in [3.05, 3.63) is 47.3 Å². The summed E-state index contributed by atoms with van der Waals surface area (Å²) >= 11 is 0. The van der Waals surface area contributed by atoms with Crippen LogP contribution < -0.4 is 0 Å². The van der Waals surface area contributed by atoms with Crippen LogP contribution in [0.2, 0.25) is 0 Å². The Balaban J connectivity index is 1.34. The molecule has 0 radical (unpaired) electrons. The quantitative estimate of drug-likeness (QED) is 0.528. The zero-order chi connectivity index (χ0) is 22.7. The van der Waals surface area contributed by atoms with Gasteiger partial charge in [-0.2, -0.15) is 0 Å². The molecule has 3 unspecified atom stereocenters. The van der Waals surface area contributed by atoms with Gasteiger partial charge in [0.05, 0.1) is 11.7 Å². The predicted octanol–water partition coefficient (Wildman–Crippen LogP) is 6.45. The van der Waals surface area contributed by atoms with Gasteiger partial charge >= 0.3 is 0 Å². The molecule has 3 heteroatoms. The molecule has 1 aromatic carbocycles. The highest BCUT2D eigenvalue weighted by molar-refractivity contribution is 5.26. The summed E-state index contributed by atoms with van der Waals surface area (Å²) in [7, 11) is 0. The van der Waals surface area contributed by atoms with Crippen LogP contribution in [0.3, 0.4) is 0 Å². The van der Waals surface area contributed by atoms with E-state index in [1.807, 2.05) is 12.1 Å². The standard InChI is InChI=1S/C29H41FO2/c1-27-15-13-22(31)18-20(27)6-9-23-24-10-11-26(28(24,2)16-14-25(23)27)29(3,32)17-12-19-4-7-21(30)8-5-19/h4-8,22-26,31-32H,9-18H2,1-3H3/t22-,23-,24?,25?,26?,27-,28-,29+/m0/s1. The molecular formula is C29H41FO2. The summed E-state index contributed by atoms with van der Waals surface area (Å²) in [6, 6.07) is 6.74. The van der Waals surface area contributed by atoms with E-state index < -0.39 is 5.60 Å². The van der Waals surface area contributed by atoms with Crippen LogP contribution in [0.5, 0.6) is 0 Å². The number of fused-ring (bicyclic) bond motifs is 5. The van der Waals surface area contributed by atoms with Gasteiger partial charge in [0.25, 0.3) is 0 Å². The number of hydrogen-bond donors (Lipinski definition) is 2. The maximum absolute atomic E-state index is 13.3. The topological polar surface area (TPSA) is 40.5 Å². The summed E-state index contributed by atoms with van der Waals surface area (Å²) < 4.78 is 13.3. The van der Waals surface area contributed by atoms with Crippen LogP contribution in [0.15, 0.2) is 35.9 Å².